The number of urea groups is 1. The number of carbonyl (C=O) groups excluding carboxylic acids is 3. The van der Waals surface area contributed by atoms with Crippen LogP contribution >= 0.6 is 0 Å². The van der Waals surface area contributed by atoms with E-state index in [0.29, 0.717) is 13.2 Å². The molecule has 0 unspecified atom stereocenters. The minimum atomic E-state index is -0.821. The van der Waals surface area contributed by atoms with Gasteiger partial charge in [0, 0.05) is 6.54 Å². The van der Waals surface area contributed by atoms with Gasteiger partial charge in [0.15, 0.2) is 0 Å². The van der Waals surface area contributed by atoms with Gasteiger partial charge < -0.3 is 15.0 Å². The van der Waals surface area contributed by atoms with Gasteiger partial charge in [0.1, 0.15) is 12.1 Å². The third-order valence-corrected chi connectivity index (χ3v) is 5.79. The van der Waals surface area contributed by atoms with Gasteiger partial charge in [-0.3, -0.25) is 14.5 Å². The van der Waals surface area contributed by atoms with Gasteiger partial charge in [0.2, 0.25) is 5.91 Å². The first-order valence-corrected chi connectivity index (χ1v) is 8.56. The number of hydrogen-bond acceptors (Lipinski definition) is 4. The fourth-order valence-corrected chi connectivity index (χ4v) is 4.26. The molecule has 2 aliphatic carbocycles. The molecule has 4 rings (SSSR count). The van der Waals surface area contributed by atoms with Crippen LogP contribution in [-0.4, -0.2) is 65.0 Å². The molecular weight excluding hydrogens is 298 g/mol. The highest BCUT2D eigenvalue weighted by molar-refractivity contribution is 6.09. The van der Waals surface area contributed by atoms with E-state index in [-0.39, 0.29) is 36.4 Å². The summed E-state index contributed by atoms with van der Waals surface area (Å²) in [6, 6.07) is -0.333. The van der Waals surface area contributed by atoms with Crippen molar-refractivity contribution in [3.8, 4) is 0 Å². The van der Waals surface area contributed by atoms with Crippen molar-refractivity contribution in [1.82, 2.24) is 15.1 Å². The van der Waals surface area contributed by atoms with E-state index >= 15 is 0 Å². The zero-order chi connectivity index (χ0) is 16.2. The predicted molar refractivity (Wildman–Crippen MR) is 80.5 cm³/mol. The number of carbonyl (C=O) groups is 3. The van der Waals surface area contributed by atoms with Gasteiger partial charge in [-0.1, -0.05) is 0 Å². The summed E-state index contributed by atoms with van der Waals surface area (Å²) < 4.78 is 5.71. The Balaban J connectivity index is 1.46. The topological polar surface area (TPSA) is 79.0 Å². The zero-order valence-electron chi connectivity index (χ0n) is 13.4. The van der Waals surface area contributed by atoms with E-state index in [2.05, 4.69) is 5.32 Å². The number of amides is 4. The number of ether oxygens (including phenoxy) is 1. The first-order chi connectivity index (χ1) is 11.0. The SMILES string of the molecule is C[C@]1(C2CC2)NC(=O)N(CC(=O)N2CCO[C@H]3CCC[C@H]32)C1=O. The lowest BCUT2D eigenvalue weighted by atomic mass is 9.96. The molecule has 126 valence electrons. The molecule has 23 heavy (non-hydrogen) atoms. The van der Waals surface area contributed by atoms with Gasteiger partial charge in [-0.05, 0) is 44.9 Å². The van der Waals surface area contributed by atoms with Gasteiger partial charge in [0.05, 0.1) is 18.8 Å². The summed E-state index contributed by atoms with van der Waals surface area (Å²) in [4.78, 5) is 40.4. The Morgan fingerprint density at radius 3 is 2.83 bits per heavy atom. The van der Waals surface area contributed by atoms with Crippen LogP contribution in [0.1, 0.15) is 39.0 Å². The maximum absolute atomic E-state index is 12.7. The Kier molecular flexibility index (Phi) is 3.37. The summed E-state index contributed by atoms with van der Waals surface area (Å²) in [6.07, 6.45) is 5.01. The molecule has 2 aliphatic heterocycles. The first kappa shape index (κ1) is 14.9. The van der Waals surface area contributed by atoms with E-state index in [1.165, 1.54) is 0 Å². The second kappa shape index (κ2) is 5.19. The van der Waals surface area contributed by atoms with Crippen LogP contribution in [0.3, 0.4) is 0 Å². The molecule has 2 saturated carbocycles. The third-order valence-electron chi connectivity index (χ3n) is 5.79. The molecule has 1 N–H and O–H groups in total. The normalized spacial score (nSPS) is 37.1. The molecule has 0 aromatic carbocycles. The Bertz CT molecular complexity index is 562. The van der Waals surface area contributed by atoms with Crippen LogP contribution in [0.25, 0.3) is 0 Å². The lowest BCUT2D eigenvalue weighted by molar-refractivity contribution is -0.147. The monoisotopic (exact) mass is 321 g/mol. The molecule has 4 amide bonds. The van der Waals surface area contributed by atoms with Crippen LogP contribution in [0.5, 0.6) is 0 Å². The predicted octanol–water partition coefficient (Wildman–Crippen LogP) is 0.487. The van der Waals surface area contributed by atoms with E-state index in [0.717, 1.165) is 37.0 Å². The van der Waals surface area contributed by atoms with Gasteiger partial charge in [-0.2, -0.15) is 0 Å². The van der Waals surface area contributed by atoms with Crippen molar-refractivity contribution in [2.24, 2.45) is 5.92 Å². The molecule has 0 spiro atoms. The number of nitrogens with zero attached hydrogens (tertiary/aromatic N) is 2. The fraction of sp³-hybridized carbons (Fsp3) is 0.812. The van der Waals surface area contributed by atoms with Crippen molar-refractivity contribution in [2.45, 2.75) is 56.7 Å². The van der Waals surface area contributed by atoms with Crippen molar-refractivity contribution < 1.29 is 19.1 Å². The number of imide groups is 1. The summed E-state index contributed by atoms with van der Waals surface area (Å²) in [7, 11) is 0. The summed E-state index contributed by atoms with van der Waals surface area (Å²) in [6.45, 7) is 2.70. The molecule has 0 bridgehead atoms. The maximum Gasteiger partial charge on any atom is 0.325 e. The van der Waals surface area contributed by atoms with Gasteiger partial charge in [-0.15, -0.1) is 0 Å². The molecule has 4 fully saturated rings. The highest BCUT2D eigenvalue weighted by Gasteiger charge is 2.56. The van der Waals surface area contributed by atoms with Gasteiger partial charge >= 0.3 is 6.03 Å². The Morgan fingerprint density at radius 2 is 2.09 bits per heavy atom. The Morgan fingerprint density at radius 1 is 1.30 bits per heavy atom. The quantitative estimate of drug-likeness (QED) is 0.767. The first-order valence-electron chi connectivity index (χ1n) is 8.56. The maximum atomic E-state index is 12.7. The van der Waals surface area contributed by atoms with Crippen LogP contribution in [0.2, 0.25) is 0 Å². The van der Waals surface area contributed by atoms with Crippen LogP contribution < -0.4 is 5.32 Å². The highest BCUT2D eigenvalue weighted by Crippen LogP contribution is 2.42. The van der Waals surface area contributed by atoms with Crippen molar-refractivity contribution in [3.63, 3.8) is 0 Å². The number of hydrogen-bond donors (Lipinski definition) is 1. The fourth-order valence-electron chi connectivity index (χ4n) is 4.26. The summed E-state index contributed by atoms with van der Waals surface area (Å²) in [5.41, 5.74) is -0.821. The number of nitrogens with one attached hydrogen (secondary N) is 1. The van der Waals surface area contributed by atoms with Crippen molar-refractivity contribution in [2.75, 3.05) is 19.7 Å². The summed E-state index contributed by atoms with van der Waals surface area (Å²) in [5.74, 6) is -0.190. The molecule has 2 heterocycles. The zero-order valence-corrected chi connectivity index (χ0v) is 13.4. The molecule has 0 aromatic rings. The smallest absolute Gasteiger partial charge is 0.325 e. The largest absolute Gasteiger partial charge is 0.374 e. The van der Waals surface area contributed by atoms with Crippen LogP contribution in [-0.2, 0) is 14.3 Å². The second-order valence-corrected chi connectivity index (χ2v) is 7.29. The molecule has 3 atom stereocenters. The van der Waals surface area contributed by atoms with E-state index in [9.17, 15) is 14.4 Å². The number of rotatable bonds is 3. The van der Waals surface area contributed by atoms with E-state index in [4.69, 9.17) is 4.74 Å². The van der Waals surface area contributed by atoms with Crippen LogP contribution in [0, 0.1) is 5.92 Å². The molecule has 7 heteroatoms. The second-order valence-electron chi connectivity index (χ2n) is 7.29. The molecule has 2 saturated heterocycles. The molecule has 0 radical (unpaired) electrons. The van der Waals surface area contributed by atoms with Crippen molar-refractivity contribution in [1.29, 1.82) is 0 Å². The van der Waals surface area contributed by atoms with E-state index in [1.54, 1.807) is 6.92 Å². The van der Waals surface area contributed by atoms with Gasteiger partial charge in [-0.25, -0.2) is 4.79 Å². The van der Waals surface area contributed by atoms with E-state index in [1.807, 2.05) is 4.90 Å². The molecule has 0 aromatic heterocycles. The summed E-state index contributed by atoms with van der Waals surface area (Å²) >= 11 is 0. The van der Waals surface area contributed by atoms with Gasteiger partial charge in [0.25, 0.3) is 5.91 Å². The molecule has 7 nitrogen and oxygen atoms in total. The average Bonchev–Trinajstić information content (AvgIpc) is 3.24. The number of fused-ring (bicyclic) bond motifs is 1. The Hall–Kier alpha value is -1.63. The van der Waals surface area contributed by atoms with Crippen LogP contribution in [0.15, 0.2) is 0 Å². The van der Waals surface area contributed by atoms with Crippen LogP contribution in [0.4, 0.5) is 4.79 Å². The van der Waals surface area contributed by atoms with Crippen molar-refractivity contribution >= 4 is 17.8 Å². The highest BCUT2D eigenvalue weighted by atomic mass is 16.5. The lowest BCUT2D eigenvalue weighted by Crippen LogP contribution is -2.54. The minimum absolute atomic E-state index is 0.104. The third kappa shape index (κ3) is 2.33. The van der Waals surface area contributed by atoms with Crippen molar-refractivity contribution in [3.05, 3.63) is 0 Å². The Labute approximate surface area is 135 Å². The average molecular weight is 321 g/mol. The summed E-state index contributed by atoms with van der Waals surface area (Å²) in [5, 5.41) is 2.79. The number of morpholine rings is 1. The molecule has 4 aliphatic rings. The minimum Gasteiger partial charge on any atom is -0.374 e. The van der Waals surface area contributed by atoms with E-state index < -0.39 is 11.6 Å². The molecular formula is C16H23N3O4. The lowest BCUT2D eigenvalue weighted by Gasteiger charge is -2.38. The standard InChI is InChI=1S/C16H23N3O4/c1-16(10-5-6-10)14(21)19(15(22)17-16)9-13(20)18-7-8-23-12-4-2-3-11(12)18/h10-12H,2-9H2,1H3,(H,17,22)/t11-,12+,16-/m1/s1.